The Morgan fingerprint density at radius 1 is 1.00 bits per heavy atom. The number of hydrogen-bond donors (Lipinski definition) is 1. The number of aliphatic hydroxyl groups excluding tert-OH is 1. The highest BCUT2D eigenvalue weighted by Crippen LogP contribution is 2.43. The molecule has 1 aliphatic carbocycles. The van der Waals surface area contributed by atoms with Crippen LogP contribution in [0, 0.1) is 0 Å². The van der Waals surface area contributed by atoms with E-state index in [1.54, 1.807) is 36.3 Å². The highest BCUT2D eigenvalue weighted by Gasteiger charge is 2.49. The lowest BCUT2D eigenvalue weighted by atomic mass is 9.91. The zero-order chi connectivity index (χ0) is 23.5. The van der Waals surface area contributed by atoms with E-state index < -0.39 is 17.7 Å². The smallest absolute Gasteiger partial charge is 0.295 e. The van der Waals surface area contributed by atoms with Gasteiger partial charge in [0, 0.05) is 11.6 Å². The van der Waals surface area contributed by atoms with Crippen LogP contribution in [0.2, 0.25) is 0 Å². The quantitative estimate of drug-likeness (QED) is 0.371. The van der Waals surface area contributed by atoms with Gasteiger partial charge in [-0.1, -0.05) is 43.5 Å². The van der Waals surface area contributed by atoms with Crippen LogP contribution >= 0.6 is 0 Å². The molecule has 174 valence electrons. The van der Waals surface area contributed by atoms with Crippen LogP contribution in [-0.4, -0.2) is 41.0 Å². The van der Waals surface area contributed by atoms with Gasteiger partial charge in [0.15, 0.2) is 0 Å². The van der Waals surface area contributed by atoms with Gasteiger partial charge < -0.3 is 19.5 Å². The molecule has 6 nitrogen and oxygen atoms in total. The van der Waals surface area contributed by atoms with Crippen molar-refractivity contribution < 1.29 is 24.2 Å². The average molecular weight is 450 g/mol. The molecule has 1 aliphatic heterocycles. The number of likely N-dealkylation sites (tertiary alicyclic amines) is 1. The molecule has 1 atom stereocenters. The van der Waals surface area contributed by atoms with Gasteiger partial charge in [-0.25, -0.2) is 0 Å². The number of methoxy groups -OCH3 is 1. The van der Waals surface area contributed by atoms with E-state index in [9.17, 15) is 14.7 Å². The van der Waals surface area contributed by atoms with Crippen molar-refractivity contribution in [3.8, 4) is 11.5 Å². The van der Waals surface area contributed by atoms with Crippen molar-refractivity contribution in [2.75, 3.05) is 7.11 Å². The molecule has 1 amide bonds. The summed E-state index contributed by atoms with van der Waals surface area (Å²) in [7, 11) is 1.58. The number of rotatable bonds is 6. The summed E-state index contributed by atoms with van der Waals surface area (Å²) in [5, 5.41) is 11.3. The number of carbonyl (C=O) groups is 2. The van der Waals surface area contributed by atoms with Gasteiger partial charge in [0.25, 0.3) is 11.7 Å². The average Bonchev–Trinajstić information content (AvgIpc) is 3.09. The molecule has 2 aromatic rings. The Kier molecular flexibility index (Phi) is 6.72. The van der Waals surface area contributed by atoms with Crippen LogP contribution < -0.4 is 9.47 Å². The zero-order valence-electron chi connectivity index (χ0n) is 19.4. The van der Waals surface area contributed by atoms with Crippen LogP contribution in [0.25, 0.3) is 5.76 Å². The number of nitrogens with zero attached hydrogens (tertiary/aromatic N) is 1. The summed E-state index contributed by atoms with van der Waals surface area (Å²) in [4.78, 5) is 28.3. The van der Waals surface area contributed by atoms with Gasteiger partial charge in [-0.2, -0.15) is 0 Å². The molecule has 6 heteroatoms. The summed E-state index contributed by atoms with van der Waals surface area (Å²) in [6.45, 7) is 3.84. The van der Waals surface area contributed by atoms with Gasteiger partial charge in [-0.05, 0) is 56.5 Å². The second-order valence-corrected chi connectivity index (χ2v) is 8.97. The van der Waals surface area contributed by atoms with E-state index in [0.717, 1.165) is 37.7 Å². The van der Waals surface area contributed by atoms with Gasteiger partial charge in [-0.15, -0.1) is 0 Å². The summed E-state index contributed by atoms with van der Waals surface area (Å²) in [5.74, 6) is -0.164. The minimum Gasteiger partial charge on any atom is -0.507 e. The Morgan fingerprint density at radius 3 is 2.39 bits per heavy atom. The molecule has 1 heterocycles. The number of aliphatic hydroxyl groups is 1. The third-order valence-electron chi connectivity index (χ3n) is 6.34. The number of benzene rings is 2. The molecule has 1 saturated carbocycles. The van der Waals surface area contributed by atoms with Crippen LogP contribution in [0.5, 0.6) is 11.5 Å². The Bertz CT molecular complexity index is 1070. The third kappa shape index (κ3) is 4.61. The fourth-order valence-corrected chi connectivity index (χ4v) is 4.87. The van der Waals surface area contributed by atoms with Crippen LogP contribution in [-0.2, 0) is 9.59 Å². The standard InChI is InChI=1S/C27H31NO5/c1-17(2)33-22-14-8-10-19(16-22)25(29)23-24(18-9-7-13-21(15-18)32-3)28(27(31)26(23)30)20-11-5-4-6-12-20/h7-10,13-17,20,24,29H,4-6,11-12H2,1-3H3/b25-23-. The van der Waals surface area contributed by atoms with Crippen molar-refractivity contribution in [3.05, 3.63) is 65.2 Å². The molecule has 1 unspecified atom stereocenters. The molecule has 2 aliphatic rings. The number of hydrogen-bond acceptors (Lipinski definition) is 5. The largest absolute Gasteiger partial charge is 0.507 e. The molecule has 33 heavy (non-hydrogen) atoms. The molecular formula is C27H31NO5. The molecule has 1 N–H and O–H groups in total. The first kappa shape index (κ1) is 22.9. The lowest BCUT2D eigenvalue weighted by Crippen LogP contribution is -2.40. The molecule has 0 aromatic heterocycles. The topological polar surface area (TPSA) is 76.1 Å². The maximum Gasteiger partial charge on any atom is 0.295 e. The van der Waals surface area contributed by atoms with Crippen molar-refractivity contribution in [3.63, 3.8) is 0 Å². The molecule has 4 rings (SSSR count). The van der Waals surface area contributed by atoms with Crippen LogP contribution in [0.15, 0.2) is 54.1 Å². The lowest BCUT2D eigenvalue weighted by molar-refractivity contribution is -0.141. The van der Waals surface area contributed by atoms with Crippen LogP contribution in [0.3, 0.4) is 0 Å². The van der Waals surface area contributed by atoms with Crippen molar-refractivity contribution in [1.82, 2.24) is 4.90 Å². The van der Waals surface area contributed by atoms with E-state index in [4.69, 9.17) is 9.47 Å². The van der Waals surface area contributed by atoms with E-state index in [1.165, 1.54) is 0 Å². The third-order valence-corrected chi connectivity index (χ3v) is 6.34. The molecule has 2 aromatic carbocycles. The lowest BCUT2D eigenvalue weighted by Gasteiger charge is -2.35. The SMILES string of the molecule is COc1cccc(C2/C(=C(/O)c3cccc(OC(C)C)c3)C(=O)C(=O)N2C2CCCCC2)c1. The summed E-state index contributed by atoms with van der Waals surface area (Å²) in [6, 6.07) is 13.7. The maximum atomic E-state index is 13.3. The Hall–Kier alpha value is -3.28. The molecule has 2 fully saturated rings. The number of Topliss-reactive ketones (excluding diaryl/α,β-unsaturated/α-hetero) is 1. The first-order valence-corrected chi connectivity index (χ1v) is 11.6. The highest BCUT2D eigenvalue weighted by molar-refractivity contribution is 6.46. The summed E-state index contributed by atoms with van der Waals surface area (Å²) in [5.41, 5.74) is 1.30. The molecule has 0 bridgehead atoms. The first-order valence-electron chi connectivity index (χ1n) is 11.6. The normalized spacial score (nSPS) is 21.0. The monoisotopic (exact) mass is 449 g/mol. The van der Waals surface area contributed by atoms with Crippen molar-refractivity contribution in [1.29, 1.82) is 0 Å². The van der Waals surface area contributed by atoms with E-state index in [2.05, 4.69) is 0 Å². The van der Waals surface area contributed by atoms with Gasteiger partial charge >= 0.3 is 0 Å². The van der Waals surface area contributed by atoms with Gasteiger partial charge in [0.2, 0.25) is 0 Å². The summed E-state index contributed by atoms with van der Waals surface area (Å²) >= 11 is 0. The van der Waals surface area contributed by atoms with Crippen molar-refractivity contribution in [2.24, 2.45) is 0 Å². The molecular weight excluding hydrogens is 418 g/mol. The Morgan fingerprint density at radius 2 is 1.70 bits per heavy atom. The van der Waals surface area contributed by atoms with Crippen molar-refractivity contribution in [2.45, 2.75) is 64.1 Å². The van der Waals surface area contributed by atoms with E-state index in [1.807, 2.05) is 38.1 Å². The predicted molar refractivity (Wildman–Crippen MR) is 126 cm³/mol. The van der Waals surface area contributed by atoms with E-state index >= 15 is 0 Å². The Balaban J connectivity index is 1.85. The van der Waals surface area contributed by atoms with E-state index in [0.29, 0.717) is 17.1 Å². The number of ketones is 1. The maximum absolute atomic E-state index is 13.3. The zero-order valence-corrected chi connectivity index (χ0v) is 19.4. The number of amides is 1. The Labute approximate surface area is 194 Å². The minimum absolute atomic E-state index is 0.0314. The second-order valence-electron chi connectivity index (χ2n) is 8.97. The fourth-order valence-electron chi connectivity index (χ4n) is 4.87. The van der Waals surface area contributed by atoms with Gasteiger partial charge in [0.05, 0.1) is 24.8 Å². The van der Waals surface area contributed by atoms with E-state index in [-0.39, 0.29) is 23.5 Å². The predicted octanol–water partition coefficient (Wildman–Crippen LogP) is 5.24. The molecule has 1 saturated heterocycles. The number of ether oxygens (including phenoxy) is 2. The fraction of sp³-hybridized carbons (Fsp3) is 0.407. The van der Waals surface area contributed by atoms with Gasteiger partial charge in [-0.3, -0.25) is 9.59 Å². The van der Waals surface area contributed by atoms with Crippen molar-refractivity contribution >= 4 is 17.4 Å². The highest BCUT2D eigenvalue weighted by atomic mass is 16.5. The summed E-state index contributed by atoms with van der Waals surface area (Å²) < 4.78 is 11.2. The molecule has 0 spiro atoms. The molecule has 0 radical (unpaired) electrons. The minimum atomic E-state index is -0.669. The van der Waals surface area contributed by atoms with Crippen LogP contribution in [0.1, 0.15) is 63.1 Å². The first-order chi connectivity index (χ1) is 15.9. The van der Waals surface area contributed by atoms with Gasteiger partial charge in [0.1, 0.15) is 17.3 Å². The summed E-state index contributed by atoms with van der Waals surface area (Å²) in [6.07, 6.45) is 4.85. The number of carbonyl (C=O) groups excluding carboxylic acids is 2. The van der Waals surface area contributed by atoms with Crippen LogP contribution in [0.4, 0.5) is 0 Å². The second kappa shape index (κ2) is 9.69.